The first-order valence-corrected chi connectivity index (χ1v) is 23.4. The second kappa shape index (κ2) is 38.5. The second-order valence-electron chi connectivity index (χ2n) is 15.1. The van der Waals surface area contributed by atoms with E-state index in [2.05, 4.69) is 19.2 Å². The molecule has 0 bridgehead atoms. The predicted molar refractivity (Wildman–Crippen MR) is 218 cm³/mol. The van der Waals surface area contributed by atoms with Gasteiger partial charge in [-0.3, -0.25) is 13.8 Å². The van der Waals surface area contributed by atoms with Crippen LogP contribution in [0.5, 0.6) is 0 Å². The molecule has 0 radical (unpaired) electrons. The maximum Gasteiger partial charge on any atom is 0.472 e. The van der Waals surface area contributed by atoms with Gasteiger partial charge in [-0.15, -0.1) is 0 Å². The van der Waals surface area contributed by atoms with Gasteiger partial charge < -0.3 is 26.2 Å². The van der Waals surface area contributed by atoms with Gasteiger partial charge in [-0.2, -0.15) is 0 Å². The van der Waals surface area contributed by atoms with E-state index in [0.29, 0.717) is 6.42 Å². The van der Waals surface area contributed by atoms with Crippen molar-refractivity contribution in [2.75, 3.05) is 19.8 Å². The number of unbranched alkanes of at least 4 members (excludes halogenated alkanes) is 27. The summed E-state index contributed by atoms with van der Waals surface area (Å²) < 4.78 is 22.1. The Balaban J connectivity index is 4.32. The molecule has 310 valence electrons. The van der Waals surface area contributed by atoms with Crippen LogP contribution in [0.15, 0.2) is 12.2 Å². The number of hydrogen-bond donors (Lipinski definition) is 5. The van der Waals surface area contributed by atoms with Crippen LogP contribution in [0.2, 0.25) is 0 Å². The molecular weight excluding hydrogens is 675 g/mol. The van der Waals surface area contributed by atoms with Crippen LogP contribution in [0, 0.1) is 0 Å². The van der Waals surface area contributed by atoms with E-state index in [1.165, 1.54) is 148 Å². The molecule has 0 saturated carbocycles. The number of carbonyl (C=O) groups is 1. The number of nitrogens with one attached hydrogen (secondary N) is 1. The summed E-state index contributed by atoms with van der Waals surface area (Å²) in [4.78, 5) is 22.7. The summed E-state index contributed by atoms with van der Waals surface area (Å²) in [5.41, 5.74) is 5.36. The molecule has 0 aliphatic carbocycles. The third kappa shape index (κ3) is 36.2. The molecule has 0 saturated heterocycles. The molecule has 9 nitrogen and oxygen atoms in total. The number of phosphoric ester groups is 1. The Bertz CT molecular complexity index is 847. The van der Waals surface area contributed by atoms with Gasteiger partial charge in [0.25, 0.3) is 0 Å². The lowest BCUT2D eigenvalue weighted by molar-refractivity contribution is -0.124. The Hall–Kier alpha value is -0.800. The monoisotopic (exact) mass is 761 g/mol. The molecule has 4 unspecified atom stereocenters. The molecule has 0 aromatic carbocycles. The van der Waals surface area contributed by atoms with Crippen molar-refractivity contribution < 1.29 is 33.5 Å². The van der Waals surface area contributed by atoms with Crippen molar-refractivity contribution in [1.29, 1.82) is 0 Å². The first-order chi connectivity index (χ1) is 25.3. The maximum absolute atomic E-state index is 12.8. The zero-order valence-electron chi connectivity index (χ0n) is 33.9. The third-order valence-electron chi connectivity index (χ3n) is 9.92. The van der Waals surface area contributed by atoms with E-state index in [9.17, 15) is 24.5 Å². The van der Waals surface area contributed by atoms with E-state index in [4.69, 9.17) is 14.8 Å². The molecular formula is C42H85N2O7P. The van der Waals surface area contributed by atoms with Gasteiger partial charge in [-0.1, -0.05) is 199 Å². The lowest BCUT2D eigenvalue weighted by atomic mass is 10.0. The summed E-state index contributed by atoms with van der Waals surface area (Å²) in [7, 11) is -4.39. The fraction of sp³-hybridized carbons (Fsp3) is 0.929. The van der Waals surface area contributed by atoms with E-state index in [1.807, 2.05) is 6.08 Å². The van der Waals surface area contributed by atoms with E-state index in [-0.39, 0.29) is 19.6 Å². The Morgan fingerprint density at radius 3 is 1.48 bits per heavy atom. The SMILES string of the molecule is CCCCCCCCCCCCCCCCC/C=C/C(O)C(COP(=O)(O)OCCN)NC(=O)CC(O)CCCCCCCCCCCCCCC. The summed E-state index contributed by atoms with van der Waals surface area (Å²) >= 11 is 0. The van der Waals surface area contributed by atoms with Gasteiger partial charge in [-0.25, -0.2) is 4.57 Å². The third-order valence-corrected chi connectivity index (χ3v) is 10.9. The van der Waals surface area contributed by atoms with Gasteiger partial charge in [0, 0.05) is 6.54 Å². The van der Waals surface area contributed by atoms with Crippen LogP contribution >= 0.6 is 7.82 Å². The molecule has 0 aromatic rings. The smallest absolute Gasteiger partial charge is 0.393 e. The zero-order valence-corrected chi connectivity index (χ0v) is 34.8. The highest BCUT2D eigenvalue weighted by Crippen LogP contribution is 2.43. The first-order valence-electron chi connectivity index (χ1n) is 21.9. The average Bonchev–Trinajstić information content (AvgIpc) is 3.12. The van der Waals surface area contributed by atoms with E-state index in [0.717, 1.165) is 38.5 Å². The minimum Gasteiger partial charge on any atom is -0.393 e. The fourth-order valence-corrected chi connectivity index (χ4v) is 7.35. The Morgan fingerprint density at radius 2 is 1.06 bits per heavy atom. The molecule has 0 aliphatic heterocycles. The molecule has 52 heavy (non-hydrogen) atoms. The number of hydrogen-bond acceptors (Lipinski definition) is 7. The molecule has 0 rings (SSSR count). The van der Waals surface area contributed by atoms with Crippen LogP contribution in [-0.2, 0) is 18.4 Å². The van der Waals surface area contributed by atoms with Crippen LogP contribution in [-0.4, -0.2) is 59.0 Å². The molecule has 1 amide bonds. The molecule has 0 aromatic heterocycles. The zero-order chi connectivity index (χ0) is 38.4. The molecule has 0 heterocycles. The molecule has 0 fully saturated rings. The minimum absolute atomic E-state index is 0.0515. The van der Waals surface area contributed by atoms with Crippen LogP contribution < -0.4 is 11.1 Å². The van der Waals surface area contributed by atoms with Crippen molar-refractivity contribution in [3.8, 4) is 0 Å². The van der Waals surface area contributed by atoms with Gasteiger partial charge in [0.2, 0.25) is 5.91 Å². The Labute approximate surface area is 320 Å². The van der Waals surface area contributed by atoms with Crippen molar-refractivity contribution in [1.82, 2.24) is 5.32 Å². The highest BCUT2D eigenvalue weighted by molar-refractivity contribution is 7.47. The fourth-order valence-electron chi connectivity index (χ4n) is 6.59. The Morgan fingerprint density at radius 1 is 0.654 bits per heavy atom. The first kappa shape index (κ1) is 51.2. The van der Waals surface area contributed by atoms with Crippen LogP contribution in [0.1, 0.15) is 213 Å². The second-order valence-corrected chi connectivity index (χ2v) is 16.6. The lowest BCUT2D eigenvalue weighted by Gasteiger charge is -2.24. The van der Waals surface area contributed by atoms with Crippen molar-refractivity contribution in [3.05, 3.63) is 12.2 Å². The largest absolute Gasteiger partial charge is 0.472 e. The highest BCUT2D eigenvalue weighted by Gasteiger charge is 2.27. The molecule has 4 atom stereocenters. The average molecular weight is 761 g/mol. The predicted octanol–water partition coefficient (Wildman–Crippen LogP) is 11.0. The van der Waals surface area contributed by atoms with E-state index < -0.39 is 38.6 Å². The minimum atomic E-state index is -4.39. The van der Waals surface area contributed by atoms with Gasteiger partial charge in [0.05, 0.1) is 37.9 Å². The number of amides is 1. The number of carbonyl (C=O) groups excluding carboxylic acids is 1. The summed E-state index contributed by atoms with van der Waals surface area (Å²) in [6.07, 6.45) is 38.6. The van der Waals surface area contributed by atoms with Gasteiger partial charge in [0.1, 0.15) is 0 Å². The molecule has 0 aliphatic rings. The standard InChI is InChI=1S/C42H85N2O7P/c1-3-5-7-9-11-13-15-17-18-19-20-22-24-26-28-30-32-34-41(46)40(38-51-52(48,49)50-36-35-43)44-42(47)37-39(45)33-31-29-27-25-23-21-16-14-12-10-8-6-4-2/h32,34,39-41,45-46H,3-31,33,35-38,43H2,1-2H3,(H,44,47)(H,48,49)/b34-32+. The van der Waals surface area contributed by atoms with Crippen molar-refractivity contribution in [2.45, 2.75) is 231 Å². The van der Waals surface area contributed by atoms with Gasteiger partial charge in [-0.05, 0) is 19.3 Å². The van der Waals surface area contributed by atoms with E-state index in [1.54, 1.807) is 6.08 Å². The Kier molecular flexibility index (Phi) is 37.9. The normalized spacial score (nSPS) is 14.8. The van der Waals surface area contributed by atoms with Crippen molar-refractivity contribution in [3.63, 3.8) is 0 Å². The maximum atomic E-state index is 12.8. The highest BCUT2D eigenvalue weighted by atomic mass is 31.2. The summed E-state index contributed by atoms with van der Waals surface area (Å²) in [6, 6.07) is -0.977. The number of nitrogens with two attached hydrogens (primary N) is 1. The number of rotatable bonds is 41. The molecule has 6 N–H and O–H groups in total. The topological polar surface area (TPSA) is 151 Å². The number of aliphatic hydroxyl groups excluding tert-OH is 2. The number of allylic oxidation sites excluding steroid dienone is 1. The van der Waals surface area contributed by atoms with Crippen molar-refractivity contribution >= 4 is 13.7 Å². The quantitative estimate of drug-likeness (QED) is 0.0235. The van der Waals surface area contributed by atoms with Gasteiger partial charge in [0.15, 0.2) is 0 Å². The summed E-state index contributed by atoms with van der Waals surface area (Å²) in [6.45, 7) is 3.98. The molecule has 0 spiro atoms. The molecule has 10 heteroatoms. The number of phosphoric acid groups is 1. The van der Waals surface area contributed by atoms with Crippen LogP contribution in [0.4, 0.5) is 0 Å². The van der Waals surface area contributed by atoms with E-state index >= 15 is 0 Å². The van der Waals surface area contributed by atoms with Crippen LogP contribution in [0.25, 0.3) is 0 Å². The summed E-state index contributed by atoms with van der Waals surface area (Å²) in [5, 5.41) is 24.0. The lowest BCUT2D eigenvalue weighted by Crippen LogP contribution is -2.46. The summed E-state index contributed by atoms with van der Waals surface area (Å²) in [5.74, 6) is -0.443. The van der Waals surface area contributed by atoms with Gasteiger partial charge >= 0.3 is 7.82 Å². The van der Waals surface area contributed by atoms with Crippen molar-refractivity contribution in [2.24, 2.45) is 5.73 Å². The van der Waals surface area contributed by atoms with Crippen LogP contribution in [0.3, 0.4) is 0 Å². The number of aliphatic hydroxyl groups is 2.